The Balaban J connectivity index is 1.96. The van der Waals surface area contributed by atoms with Crippen LogP contribution in [0.1, 0.15) is 0 Å². The van der Waals surface area contributed by atoms with Gasteiger partial charge in [0.2, 0.25) is 0 Å². The van der Waals surface area contributed by atoms with E-state index < -0.39 is 5.82 Å². The Labute approximate surface area is 109 Å². The summed E-state index contributed by atoms with van der Waals surface area (Å²) in [6.45, 7) is 0. The number of nitrogens with zero attached hydrogens (tertiary/aromatic N) is 1. The maximum absolute atomic E-state index is 13.2. The van der Waals surface area contributed by atoms with Crippen molar-refractivity contribution in [3.05, 3.63) is 60.5 Å². The number of pyridine rings is 1. The van der Waals surface area contributed by atoms with Crippen LogP contribution in [0, 0.1) is 5.82 Å². The molecule has 0 saturated carbocycles. The molecule has 3 aromatic rings. The number of benzene rings is 2. The lowest BCUT2D eigenvalue weighted by Crippen LogP contribution is -1.91. The van der Waals surface area contributed by atoms with Crippen LogP contribution in [0.2, 0.25) is 0 Å². The molecule has 4 heteroatoms. The van der Waals surface area contributed by atoms with Gasteiger partial charge in [-0.2, -0.15) is 0 Å². The summed E-state index contributed by atoms with van der Waals surface area (Å²) in [7, 11) is 0. The van der Waals surface area contributed by atoms with Crippen molar-refractivity contribution in [3.8, 4) is 11.5 Å². The second-order valence-corrected chi connectivity index (χ2v) is 4.19. The summed E-state index contributed by atoms with van der Waals surface area (Å²) >= 11 is 0. The maximum Gasteiger partial charge on any atom is 0.146 e. The van der Waals surface area contributed by atoms with Gasteiger partial charge in [0.25, 0.3) is 0 Å². The van der Waals surface area contributed by atoms with E-state index in [4.69, 9.17) is 10.5 Å². The Morgan fingerprint density at radius 2 is 1.84 bits per heavy atom. The summed E-state index contributed by atoms with van der Waals surface area (Å²) in [6.07, 6.45) is 1.60. The predicted octanol–water partition coefficient (Wildman–Crippen LogP) is 3.75. The average molecular weight is 254 g/mol. The summed E-state index contributed by atoms with van der Waals surface area (Å²) in [5.74, 6) is 0.474. The van der Waals surface area contributed by atoms with Crippen molar-refractivity contribution < 1.29 is 9.13 Å². The van der Waals surface area contributed by atoms with Crippen LogP contribution < -0.4 is 10.5 Å². The first-order chi connectivity index (χ1) is 9.20. The van der Waals surface area contributed by atoms with Crippen molar-refractivity contribution in [2.24, 2.45) is 0 Å². The van der Waals surface area contributed by atoms with Crippen LogP contribution in [0.3, 0.4) is 0 Å². The number of nitrogens with two attached hydrogens (primary N) is 1. The molecule has 1 aromatic heterocycles. The largest absolute Gasteiger partial charge is 0.456 e. The number of para-hydroxylation sites is 1. The monoisotopic (exact) mass is 254 g/mol. The highest BCUT2D eigenvalue weighted by molar-refractivity contribution is 5.79. The van der Waals surface area contributed by atoms with Gasteiger partial charge < -0.3 is 10.5 Å². The van der Waals surface area contributed by atoms with Gasteiger partial charge in [-0.15, -0.1) is 0 Å². The molecule has 0 atom stereocenters. The summed E-state index contributed by atoms with van der Waals surface area (Å²) < 4.78 is 18.8. The SMILES string of the molecule is Nc1cc(F)cc(Oc2cnc3ccccc3c2)c1. The van der Waals surface area contributed by atoms with Gasteiger partial charge in [0.15, 0.2) is 0 Å². The maximum atomic E-state index is 13.2. The summed E-state index contributed by atoms with van der Waals surface area (Å²) in [6, 6.07) is 13.6. The highest BCUT2D eigenvalue weighted by atomic mass is 19.1. The number of hydrogen-bond acceptors (Lipinski definition) is 3. The van der Waals surface area contributed by atoms with Gasteiger partial charge in [0.1, 0.15) is 17.3 Å². The molecular formula is C15H11FN2O. The zero-order chi connectivity index (χ0) is 13.2. The number of aromatic nitrogens is 1. The van der Waals surface area contributed by atoms with Crippen LogP contribution in [0.4, 0.5) is 10.1 Å². The first kappa shape index (κ1) is 11.5. The van der Waals surface area contributed by atoms with E-state index in [-0.39, 0.29) is 0 Å². The van der Waals surface area contributed by atoms with Crippen molar-refractivity contribution in [1.82, 2.24) is 4.98 Å². The molecule has 0 unspecified atom stereocenters. The molecule has 0 amide bonds. The number of hydrogen-bond donors (Lipinski definition) is 1. The van der Waals surface area contributed by atoms with E-state index in [9.17, 15) is 4.39 Å². The van der Waals surface area contributed by atoms with Crippen LogP contribution in [0.5, 0.6) is 11.5 Å². The molecule has 19 heavy (non-hydrogen) atoms. The predicted molar refractivity (Wildman–Crippen MR) is 72.6 cm³/mol. The quantitative estimate of drug-likeness (QED) is 0.708. The van der Waals surface area contributed by atoms with E-state index in [0.717, 1.165) is 10.9 Å². The molecule has 0 radical (unpaired) electrons. The zero-order valence-electron chi connectivity index (χ0n) is 10.0. The fourth-order valence-corrected chi connectivity index (χ4v) is 1.89. The number of rotatable bonds is 2. The highest BCUT2D eigenvalue weighted by Gasteiger charge is 2.03. The zero-order valence-corrected chi connectivity index (χ0v) is 10.0. The third-order valence-corrected chi connectivity index (χ3v) is 2.69. The molecule has 94 valence electrons. The smallest absolute Gasteiger partial charge is 0.146 e. The van der Waals surface area contributed by atoms with Gasteiger partial charge in [0.05, 0.1) is 11.7 Å². The molecule has 0 aliphatic rings. The molecule has 0 aliphatic heterocycles. The minimum atomic E-state index is -0.427. The fourth-order valence-electron chi connectivity index (χ4n) is 1.89. The van der Waals surface area contributed by atoms with Gasteiger partial charge in [0, 0.05) is 23.2 Å². The molecule has 2 aromatic carbocycles. The van der Waals surface area contributed by atoms with Crippen LogP contribution in [0.25, 0.3) is 10.9 Å². The van der Waals surface area contributed by atoms with Crippen molar-refractivity contribution in [2.45, 2.75) is 0 Å². The second-order valence-electron chi connectivity index (χ2n) is 4.19. The van der Waals surface area contributed by atoms with Crippen LogP contribution in [-0.2, 0) is 0 Å². The van der Waals surface area contributed by atoms with Gasteiger partial charge in [-0.05, 0) is 18.2 Å². The van der Waals surface area contributed by atoms with E-state index in [1.54, 1.807) is 12.3 Å². The number of fused-ring (bicyclic) bond motifs is 1. The molecule has 3 nitrogen and oxygen atoms in total. The second kappa shape index (κ2) is 4.57. The normalized spacial score (nSPS) is 10.6. The first-order valence-corrected chi connectivity index (χ1v) is 5.79. The van der Waals surface area contributed by atoms with E-state index in [2.05, 4.69) is 4.98 Å². The summed E-state index contributed by atoms with van der Waals surface area (Å²) in [4.78, 5) is 4.27. The Hall–Kier alpha value is -2.62. The molecule has 0 bridgehead atoms. The Bertz CT molecular complexity index is 723. The highest BCUT2D eigenvalue weighted by Crippen LogP contribution is 2.26. The number of halogens is 1. The van der Waals surface area contributed by atoms with Gasteiger partial charge >= 0.3 is 0 Å². The standard InChI is InChI=1S/C15H11FN2O/c16-11-6-12(17)8-13(7-11)19-14-5-10-3-1-2-4-15(10)18-9-14/h1-9H,17H2. The summed E-state index contributed by atoms with van der Waals surface area (Å²) in [5, 5.41) is 0.962. The number of ether oxygens (including phenoxy) is 1. The van der Waals surface area contributed by atoms with Crippen molar-refractivity contribution in [3.63, 3.8) is 0 Å². The minimum Gasteiger partial charge on any atom is -0.456 e. The lowest BCUT2D eigenvalue weighted by Gasteiger charge is -2.07. The third-order valence-electron chi connectivity index (χ3n) is 2.69. The summed E-state index contributed by atoms with van der Waals surface area (Å²) in [5.41, 5.74) is 6.77. The van der Waals surface area contributed by atoms with Crippen molar-refractivity contribution in [2.75, 3.05) is 5.73 Å². The lowest BCUT2D eigenvalue weighted by molar-refractivity contribution is 0.476. The molecule has 0 fully saturated rings. The van der Waals surface area contributed by atoms with E-state index in [1.165, 1.54) is 12.1 Å². The number of anilines is 1. The van der Waals surface area contributed by atoms with Gasteiger partial charge in [-0.1, -0.05) is 18.2 Å². The molecule has 1 heterocycles. The molecule has 3 rings (SSSR count). The molecule has 0 aliphatic carbocycles. The molecule has 0 saturated heterocycles. The van der Waals surface area contributed by atoms with Gasteiger partial charge in [-0.25, -0.2) is 4.39 Å². The Morgan fingerprint density at radius 1 is 1.00 bits per heavy atom. The lowest BCUT2D eigenvalue weighted by atomic mass is 10.2. The van der Waals surface area contributed by atoms with E-state index in [0.29, 0.717) is 17.2 Å². The van der Waals surface area contributed by atoms with Crippen LogP contribution >= 0.6 is 0 Å². The van der Waals surface area contributed by atoms with Gasteiger partial charge in [-0.3, -0.25) is 4.98 Å². The molecular weight excluding hydrogens is 243 g/mol. The molecule has 2 N–H and O–H groups in total. The first-order valence-electron chi connectivity index (χ1n) is 5.79. The van der Waals surface area contributed by atoms with Crippen LogP contribution in [0.15, 0.2) is 54.7 Å². The fraction of sp³-hybridized carbons (Fsp3) is 0. The molecule has 0 spiro atoms. The topological polar surface area (TPSA) is 48.1 Å². The third kappa shape index (κ3) is 2.47. The van der Waals surface area contributed by atoms with Crippen LogP contribution in [-0.4, -0.2) is 4.98 Å². The number of nitrogen functional groups attached to an aromatic ring is 1. The Morgan fingerprint density at radius 3 is 2.68 bits per heavy atom. The van der Waals surface area contributed by atoms with Crippen molar-refractivity contribution in [1.29, 1.82) is 0 Å². The minimum absolute atomic E-state index is 0.323. The van der Waals surface area contributed by atoms with E-state index in [1.807, 2.05) is 30.3 Å². The average Bonchev–Trinajstić information content (AvgIpc) is 2.37. The van der Waals surface area contributed by atoms with E-state index >= 15 is 0 Å². The Kier molecular flexibility index (Phi) is 2.76. The van der Waals surface area contributed by atoms with Crippen molar-refractivity contribution >= 4 is 16.6 Å².